The van der Waals surface area contributed by atoms with Gasteiger partial charge in [0.1, 0.15) is 17.1 Å². The van der Waals surface area contributed by atoms with Crippen LogP contribution in [-0.4, -0.2) is 60.3 Å². The standard InChI is InChI=1S/C20H20N4O5S3/c1-2-23-6-5-21-16(18(23)27)31-9-11-10-32-19-14(17(26)24(19)15(11)20(28)29)22-13(25)8-12-4-3-7-30-12/h3-7,14,19H,2,8-10H2,1H3,(H,22,25)(H,28,29)/t14-,19+/m1/s1. The SMILES string of the molecule is CCn1ccnc(SCC2=C(C(=O)O)N3C(=O)[C@@H](NC(=O)Cc4cccs4)[C@@H]3SC2)c1=O. The zero-order valence-electron chi connectivity index (χ0n) is 17.0. The van der Waals surface area contributed by atoms with Crippen LogP contribution < -0.4 is 10.9 Å². The third kappa shape index (κ3) is 4.34. The van der Waals surface area contributed by atoms with E-state index in [0.717, 1.165) is 16.6 Å². The third-order valence-electron chi connectivity index (χ3n) is 5.09. The number of carboxylic acids is 1. The first-order valence-corrected chi connectivity index (χ1v) is 12.7. The topological polar surface area (TPSA) is 122 Å². The summed E-state index contributed by atoms with van der Waals surface area (Å²) in [6.45, 7) is 2.36. The van der Waals surface area contributed by atoms with Crippen LogP contribution in [-0.2, 0) is 27.3 Å². The van der Waals surface area contributed by atoms with E-state index in [0.29, 0.717) is 17.9 Å². The van der Waals surface area contributed by atoms with Crippen molar-refractivity contribution < 1.29 is 19.5 Å². The normalized spacial score (nSPS) is 20.0. The first-order chi connectivity index (χ1) is 15.4. The molecule has 2 N–H and O–H groups in total. The molecule has 0 aliphatic carbocycles. The number of carbonyl (C=O) groups is 3. The van der Waals surface area contributed by atoms with Crippen molar-refractivity contribution in [2.75, 3.05) is 11.5 Å². The van der Waals surface area contributed by atoms with Crippen molar-refractivity contribution >= 4 is 52.6 Å². The van der Waals surface area contributed by atoms with Crippen LogP contribution in [0.4, 0.5) is 0 Å². The molecule has 168 valence electrons. The molecule has 12 heteroatoms. The van der Waals surface area contributed by atoms with Crippen molar-refractivity contribution in [2.45, 2.75) is 36.3 Å². The molecule has 2 aromatic heterocycles. The maximum Gasteiger partial charge on any atom is 0.352 e. The Morgan fingerprint density at radius 1 is 1.38 bits per heavy atom. The number of amides is 2. The van der Waals surface area contributed by atoms with Crippen LogP contribution >= 0.6 is 34.9 Å². The lowest BCUT2D eigenvalue weighted by molar-refractivity contribution is -0.150. The van der Waals surface area contributed by atoms with Gasteiger partial charge in [-0.1, -0.05) is 17.8 Å². The average Bonchev–Trinajstić information content (AvgIpc) is 3.28. The van der Waals surface area contributed by atoms with Crippen LogP contribution in [0, 0.1) is 0 Å². The Bertz CT molecular complexity index is 1140. The molecule has 0 saturated carbocycles. The van der Waals surface area contributed by atoms with E-state index in [-0.39, 0.29) is 34.4 Å². The van der Waals surface area contributed by atoms with Gasteiger partial charge in [0, 0.05) is 35.3 Å². The summed E-state index contributed by atoms with van der Waals surface area (Å²) in [6.07, 6.45) is 3.32. The summed E-state index contributed by atoms with van der Waals surface area (Å²) in [6, 6.07) is 2.95. The number of thiophene rings is 1. The molecule has 0 radical (unpaired) electrons. The molecule has 32 heavy (non-hydrogen) atoms. The zero-order chi connectivity index (χ0) is 22.8. The Morgan fingerprint density at radius 3 is 2.88 bits per heavy atom. The Balaban J connectivity index is 1.46. The molecule has 0 bridgehead atoms. The molecule has 0 spiro atoms. The van der Waals surface area contributed by atoms with Crippen LogP contribution in [0.3, 0.4) is 0 Å². The minimum absolute atomic E-state index is 0.0678. The molecular weight excluding hydrogens is 472 g/mol. The number of β-lactam (4-membered cyclic amide) rings is 1. The van der Waals surface area contributed by atoms with Crippen molar-refractivity contribution in [1.29, 1.82) is 0 Å². The number of nitrogens with one attached hydrogen (secondary N) is 1. The fourth-order valence-electron chi connectivity index (χ4n) is 3.52. The smallest absolute Gasteiger partial charge is 0.352 e. The first-order valence-electron chi connectivity index (χ1n) is 9.80. The summed E-state index contributed by atoms with van der Waals surface area (Å²) in [4.78, 5) is 55.6. The number of rotatable bonds is 8. The monoisotopic (exact) mass is 492 g/mol. The zero-order valence-corrected chi connectivity index (χ0v) is 19.5. The van der Waals surface area contributed by atoms with Gasteiger partial charge in [0.2, 0.25) is 5.91 Å². The number of aromatic nitrogens is 2. The van der Waals surface area contributed by atoms with Gasteiger partial charge in [-0.05, 0) is 23.9 Å². The van der Waals surface area contributed by atoms with Crippen LogP contribution in [0.25, 0.3) is 0 Å². The third-order valence-corrected chi connectivity index (χ3v) is 8.35. The van der Waals surface area contributed by atoms with Crippen molar-refractivity contribution in [3.63, 3.8) is 0 Å². The Kier molecular flexibility index (Phi) is 6.72. The Labute approximate surface area is 195 Å². The summed E-state index contributed by atoms with van der Waals surface area (Å²) in [5.41, 5.74) is 0.252. The number of hydrogen-bond donors (Lipinski definition) is 2. The quantitative estimate of drug-likeness (QED) is 0.419. The predicted molar refractivity (Wildman–Crippen MR) is 123 cm³/mol. The highest BCUT2D eigenvalue weighted by Crippen LogP contribution is 2.41. The Morgan fingerprint density at radius 2 is 2.19 bits per heavy atom. The summed E-state index contributed by atoms with van der Waals surface area (Å²) >= 11 is 4.03. The number of hydrogen-bond acceptors (Lipinski definition) is 8. The lowest BCUT2D eigenvalue weighted by Crippen LogP contribution is -2.70. The van der Waals surface area contributed by atoms with Crippen LogP contribution in [0.2, 0.25) is 0 Å². The molecule has 2 amide bonds. The number of carboxylic acid groups (broad SMARTS) is 1. The van der Waals surface area contributed by atoms with Crippen LogP contribution in [0.15, 0.2) is 51.0 Å². The first kappa shape index (κ1) is 22.6. The fraction of sp³-hybridized carbons (Fsp3) is 0.350. The van der Waals surface area contributed by atoms with Crippen LogP contribution in [0.1, 0.15) is 11.8 Å². The van der Waals surface area contributed by atoms with E-state index in [9.17, 15) is 24.3 Å². The number of aliphatic carboxylic acids is 1. The van der Waals surface area contributed by atoms with E-state index in [1.165, 1.54) is 38.8 Å². The van der Waals surface area contributed by atoms with E-state index >= 15 is 0 Å². The van der Waals surface area contributed by atoms with Crippen LogP contribution in [0.5, 0.6) is 0 Å². The maximum absolute atomic E-state index is 12.7. The van der Waals surface area contributed by atoms with Gasteiger partial charge in [-0.3, -0.25) is 19.3 Å². The summed E-state index contributed by atoms with van der Waals surface area (Å²) in [5.74, 6) is -1.29. The molecular formula is C20H20N4O5S3. The highest BCUT2D eigenvalue weighted by atomic mass is 32.2. The summed E-state index contributed by atoms with van der Waals surface area (Å²) < 4.78 is 1.52. The van der Waals surface area contributed by atoms with Gasteiger partial charge in [-0.2, -0.15) is 0 Å². The molecule has 0 unspecified atom stereocenters. The lowest BCUT2D eigenvalue weighted by atomic mass is 10.0. The van der Waals surface area contributed by atoms with E-state index in [4.69, 9.17) is 0 Å². The van der Waals surface area contributed by atoms with Gasteiger partial charge >= 0.3 is 5.97 Å². The van der Waals surface area contributed by atoms with Gasteiger partial charge < -0.3 is 15.0 Å². The number of nitrogens with zero attached hydrogens (tertiary/aromatic N) is 3. The fourth-order valence-corrected chi connectivity index (χ4v) is 6.63. The highest BCUT2D eigenvalue weighted by Gasteiger charge is 2.54. The summed E-state index contributed by atoms with van der Waals surface area (Å²) in [7, 11) is 0. The van der Waals surface area contributed by atoms with Crippen molar-refractivity contribution in [3.8, 4) is 0 Å². The van der Waals surface area contributed by atoms with E-state index in [1.807, 2.05) is 24.4 Å². The molecule has 4 heterocycles. The maximum atomic E-state index is 12.7. The lowest BCUT2D eigenvalue weighted by Gasteiger charge is -2.49. The van der Waals surface area contributed by atoms with Gasteiger partial charge in [0.05, 0.1) is 6.42 Å². The molecule has 1 fully saturated rings. The second-order valence-corrected chi connectivity index (χ2v) is 10.2. The average molecular weight is 493 g/mol. The summed E-state index contributed by atoms with van der Waals surface area (Å²) in [5, 5.41) is 14.2. The van der Waals surface area contributed by atoms with Crippen molar-refractivity contribution in [2.24, 2.45) is 0 Å². The van der Waals surface area contributed by atoms with Gasteiger partial charge in [-0.15, -0.1) is 23.1 Å². The molecule has 9 nitrogen and oxygen atoms in total. The Hall–Kier alpha value is -2.57. The molecule has 4 rings (SSSR count). The van der Waals surface area contributed by atoms with E-state index in [1.54, 1.807) is 6.20 Å². The number of carbonyl (C=O) groups excluding carboxylic acids is 2. The highest BCUT2D eigenvalue weighted by molar-refractivity contribution is 8.01. The van der Waals surface area contributed by atoms with E-state index in [2.05, 4.69) is 10.3 Å². The molecule has 2 aromatic rings. The number of thioether (sulfide) groups is 2. The molecule has 2 atom stereocenters. The van der Waals surface area contributed by atoms with Gasteiger partial charge in [-0.25, -0.2) is 9.78 Å². The van der Waals surface area contributed by atoms with Crippen molar-refractivity contribution in [3.05, 3.63) is 56.4 Å². The van der Waals surface area contributed by atoms with Gasteiger partial charge in [0.15, 0.2) is 5.03 Å². The minimum Gasteiger partial charge on any atom is -0.477 e. The second-order valence-electron chi connectivity index (χ2n) is 7.08. The van der Waals surface area contributed by atoms with Crippen molar-refractivity contribution in [1.82, 2.24) is 19.8 Å². The second kappa shape index (κ2) is 9.51. The molecule has 1 saturated heterocycles. The number of fused-ring (bicyclic) bond motifs is 1. The molecule has 2 aliphatic heterocycles. The largest absolute Gasteiger partial charge is 0.477 e. The minimum atomic E-state index is -1.20. The predicted octanol–water partition coefficient (Wildman–Crippen LogP) is 1.40. The van der Waals surface area contributed by atoms with E-state index < -0.39 is 23.3 Å². The molecule has 0 aromatic carbocycles. The molecule has 2 aliphatic rings. The number of aryl methyl sites for hydroxylation is 1. The van der Waals surface area contributed by atoms with Gasteiger partial charge in [0.25, 0.3) is 11.5 Å².